The van der Waals surface area contributed by atoms with Gasteiger partial charge in [0.2, 0.25) is 5.91 Å². The minimum atomic E-state index is -0.994. The number of carboxylic acids is 1. The van der Waals surface area contributed by atoms with E-state index in [2.05, 4.69) is 5.32 Å². The van der Waals surface area contributed by atoms with E-state index < -0.39 is 12.1 Å². The summed E-state index contributed by atoms with van der Waals surface area (Å²) in [6, 6.07) is 0. The van der Waals surface area contributed by atoms with Crippen molar-refractivity contribution in [2.75, 3.05) is 13.7 Å². The number of ether oxygens (including phenoxy) is 1. The molecule has 0 saturated carbocycles. The number of methoxy groups -OCH3 is 1. The SMILES string of the molecule is COC(CNC(=O)Cn1c(C)csc1=O)CC(=O)O. The molecule has 8 heteroatoms. The molecule has 0 saturated heterocycles. The fourth-order valence-corrected chi connectivity index (χ4v) is 2.19. The molecular formula is C11H16N2O5S. The van der Waals surface area contributed by atoms with Crippen LogP contribution in [0.15, 0.2) is 10.2 Å². The summed E-state index contributed by atoms with van der Waals surface area (Å²) in [5.41, 5.74) is 0.721. The van der Waals surface area contributed by atoms with Gasteiger partial charge in [-0.3, -0.25) is 19.0 Å². The average molecular weight is 288 g/mol. The molecule has 1 atom stereocenters. The molecule has 0 bridgehead atoms. The van der Waals surface area contributed by atoms with Gasteiger partial charge in [0.25, 0.3) is 0 Å². The first-order valence-electron chi connectivity index (χ1n) is 5.60. The zero-order valence-corrected chi connectivity index (χ0v) is 11.5. The highest BCUT2D eigenvalue weighted by Gasteiger charge is 2.14. The topological polar surface area (TPSA) is 97.6 Å². The van der Waals surface area contributed by atoms with Crippen LogP contribution in [-0.2, 0) is 20.9 Å². The molecule has 106 valence electrons. The monoisotopic (exact) mass is 288 g/mol. The highest BCUT2D eigenvalue weighted by atomic mass is 32.1. The van der Waals surface area contributed by atoms with Crippen molar-refractivity contribution in [1.29, 1.82) is 0 Å². The number of aryl methyl sites for hydroxylation is 1. The maximum atomic E-state index is 11.7. The Hall–Kier alpha value is -1.67. The lowest BCUT2D eigenvalue weighted by atomic mass is 10.2. The summed E-state index contributed by atoms with van der Waals surface area (Å²) in [5.74, 6) is -1.35. The lowest BCUT2D eigenvalue weighted by Crippen LogP contribution is -2.37. The molecule has 0 spiro atoms. The van der Waals surface area contributed by atoms with E-state index in [1.807, 2.05) is 0 Å². The number of aliphatic carboxylic acids is 1. The molecule has 0 radical (unpaired) electrons. The largest absolute Gasteiger partial charge is 0.481 e. The number of carbonyl (C=O) groups excluding carboxylic acids is 1. The fraction of sp³-hybridized carbons (Fsp3) is 0.545. The van der Waals surface area contributed by atoms with Gasteiger partial charge in [-0.25, -0.2) is 0 Å². The van der Waals surface area contributed by atoms with Crippen LogP contribution in [0.1, 0.15) is 12.1 Å². The molecule has 2 N–H and O–H groups in total. The molecule has 0 aliphatic rings. The quantitative estimate of drug-likeness (QED) is 0.725. The maximum absolute atomic E-state index is 11.7. The van der Waals surface area contributed by atoms with Gasteiger partial charge in [-0.15, -0.1) is 0 Å². The van der Waals surface area contributed by atoms with Crippen LogP contribution >= 0.6 is 11.3 Å². The van der Waals surface area contributed by atoms with Gasteiger partial charge in [0.15, 0.2) is 0 Å². The molecule has 1 heterocycles. The van der Waals surface area contributed by atoms with Gasteiger partial charge in [0, 0.05) is 24.7 Å². The summed E-state index contributed by atoms with van der Waals surface area (Å²) in [6.07, 6.45) is -0.768. The molecule has 1 aromatic heterocycles. The number of rotatable bonds is 7. The van der Waals surface area contributed by atoms with Crippen LogP contribution in [-0.4, -0.2) is 41.3 Å². The second-order valence-electron chi connectivity index (χ2n) is 3.99. The number of carboxylic acid groups (broad SMARTS) is 1. The number of amides is 1. The Labute approximate surface area is 113 Å². The highest BCUT2D eigenvalue weighted by Crippen LogP contribution is 1.99. The molecular weight excluding hydrogens is 272 g/mol. The zero-order valence-electron chi connectivity index (χ0n) is 10.7. The van der Waals surface area contributed by atoms with Crippen molar-refractivity contribution < 1.29 is 19.4 Å². The van der Waals surface area contributed by atoms with Crippen molar-refractivity contribution in [2.45, 2.75) is 26.0 Å². The third-order valence-electron chi connectivity index (χ3n) is 2.54. The predicted octanol–water partition coefficient (Wildman–Crippen LogP) is -0.176. The van der Waals surface area contributed by atoms with E-state index in [1.165, 1.54) is 11.7 Å². The predicted molar refractivity (Wildman–Crippen MR) is 69.4 cm³/mol. The van der Waals surface area contributed by atoms with E-state index in [-0.39, 0.29) is 30.3 Å². The van der Waals surface area contributed by atoms with Gasteiger partial charge in [0.1, 0.15) is 6.54 Å². The third kappa shape index (κ3) is 4.84. The number of thiazole rings is 1. The van der Waals surface area contributed by atoms with E-state index in [0.29, 0.717) is 0 Å². The Morgan fingerprint density at radius 2 is 2.26 bits per heavy atom. The van der Waals surface area contributed by atoms with Gasteiger partial charge < -0.3 is 15.2 Å². The second-order valence-corrected chi connectivity index (χ2v) is 4.81. The number of nitrogens with one attached hydrogen (secondary N) is 1. The van der Waals surface area contributed by atoms with Crippen LogP contribution < -0.4 is 10.2 Å². The number of nitrogens with zero attached hydrogens (tertiary/aromatic N) is 1. The molecule has 1 aromatic rings. The number of hydrogen-bond donors (Lipinski definition) is 2. The normalized spacial score (nSPS) is 12.1. The molecule has 0 fully saturated rings. The van der Waals surface area contributed by atoms with Crippen molar-refractivity contribution in [2.24, 2.45) is 0 Å². The molecule has 0 aliphatic carbocycles. The minimum absolute atomic E-state index is 0.0718. The number of carbonyl (C=O) groups is 2. The highest BCUT2D eigenvalue weighted by molar-refractivity contribution is 7.07. The zero-order chi connectivity index (χ0) is 14.4. The molecule has 1 rings (SSSR count). The minimum Gasteiger partial charge on any atom is -0.481 e. The summed E-state index contributed by atoms with van der Waals surface area (Å²) in [7, 11) is 1.38. The molecule has 0 aromatic carbocycles. The Kier molecular flexibility index (Phi) is 5.71. The first kappa shape index (κ1) is 15.4. The van der Waals surface area contributed by atoms with Crippen LogP contribution in [0.5, 0.6) is 0 Å². The van der Waals surface area contributed by atoms with Crippen LogP contribution in [0.2, 0.25) is 0 Å². The Morgan fingerprint density at radius 3 is 2.74 bits per heavy atom. The smallest absolute Gasteiger partial charge is 0.307 e. The molecule has 7 nitrogen and oxygen atoms in total. The first-order valence-corrected chi connectivity index (χ1v) is 6.48. The first-order chi connectivity index (χ1) is 8.93. The molecule has 0 aliphatic heterocycles. The summed E-state index contributed by atoms with van der Waals surface area (Å²) < 4.78 is 6.29. The van der Waals surface area contributed by atoms with E-state index >= 15 is 0 Å². The lowest BCUT2D eigenvalue weighted by Gasteiger charge is -2.14. The molecule has 19 heavy (non-hydrogen) atoms. The van der Waals surface area contributed by atoms with E-state index in [4.69, 9.17) is 9.84 Å². The van der Waals surface area contributed by atoms with Gasteiger partial charge in [-0.05, 0) is 6.92 Å². The molecule has 1 amide bonds. The van der Waals surface area contributed by atoms with Crippen molar-refractivity contribution in [1.82, 2.24) is 9.88 Å². The van der Waals surface area contributed by atoms with Crippen molar-refractivity contribution in [3.63, 3.8) is 0 Å². The van der Waals surface area contributed by atoms with Crippen molar-refractivity contribution >= 4 is 23.2 Å². The Balaban J connectivity index is 2.48. The van der Waals surface area contributed by atoms with Crippen LogP contribution in [0.25, 0.3) is 0 Å². The number of aromatic nitrogens is 1. The summed E-state index contributed by atoms with van der Waals surface area (Å²) in [6.45, 7) is 1.77. The average Bonchev–Trinajstić information content (AvgIpc) is 2.65. The molecule has 1 unspecified atom stereocenters. The van der Waals surface area contributed by atoms with Gasteiger partial charge in [0.05, 0.1) is 12.5 Å². The lowest BCUT2D eigenvalue weighted by molar-refractivity contribution is -0.140. The fourth-order valence-electron chi connectivity index (χ4n) is 1.46. The van der Waals surface area contributed by atoms with E-state index in [9.17, 15) is 14.4 Å². The Bertz CT molecular complexity index is 507. The van der Waals surface area contributed by atoms with Crippen molar-refractivity contribution in [3.8, 4) is 0 Å². The summed E-state index contributed by atoms with van der Waals surface area (Å²) in [5, 5.41) is 12.9. The van der Waals surface area contributed by atoms with Gasteiger partial charge in [-0.2, -0.15) is 0 Å². The van der Waals surface area contributed by atoms with E-state index in [1.54, 1.807) is 12.3 Å². The van der Waals surface area contributed by atoms with Gasteiger partial charge >= 0.3 is 10.8 Å². The van der Waals surface area contributed by atoms with Crippen molar-refractivity contribution in [3.05, 3.63) is 20.7 Å². The number of hydrogen-bond acceptors (Lipinski definition) is 5. The van der Waals surface area contributed by atoms with Crippen LogP contribution in [0, 0.1) is 6.92 Å². The summed E-state index contributed by atoms with van der Waals surface area (Å²) >= 11 is 1.04. The third-order valence-corrected chi connectivity index (χ3v) is 3.42. The second kappa shape index (κ2) is 7.05. The van der Waals surface area contributed by atoms with Crippen LogP contribution in [0.3, 0.4) is 0 Å². The van der Waals surface area contributed by atoms with E-state index in [0.717, 1.165) is 17.0 Å². The maximum Gasteiger partial charge on any atom is 0.307 e. The van der Waals surface area contributed by atoms with Crippen LogP contribution in [0.4, 0.5) is 0 Å². The summed E-state index contributed by atoms with van der Waals surface area (Å²) in [4.78, 5) is 33.4. The van der Waals surface area contributed by atoms with Gasteiger partial charge in [-0.1, -0.05) is 11.3 Å². The Morgan fingerprint density at radius 1 is 1.58 bits per heavy atom. The standard InChI is InChI=1S/C11H16N2O5S/c1-7-6-19-11(17)13(7)5-9(14)12-4-8(18-2)3-10(15)16/h6,8H,3-5H2,1-2H3,(H,12,14)(H,15,16).